The number of ether oxygens (including phenoxy) is 1. The second kappa shape index (κ2) is 6.06. The van der Waals surface area contributed by atoms with Crippen molar-refractivity contribution in [2.75, 3.05) is 0 Å². The van der Waals surface area contributed by atoms with Crippen LogP contribution in [0, 0.1) is 17.7 Å². The van der Waals surface area contributed by atoms with E-state index in [0.29, 0.717) is 28.9 Å². The summed E-state index contributed by atoms with van der Waals surface area (Å²) < 4.78 is 19.5. The molecule has 1 heterocycles. The molecule has 0 atom stereocenters. The molecule has 2 aromatic rings. The average Bonchev–Trinajstić information content (AvgIpc) is 2.52. The fraction of sp³-hybridized carbons (Fsp3) is 0.200. The van der Waals surface area contributed by atoms with Gasteiger partial charge in [0.05, 0.1) is 17.5 Å². The highest BCUT2D eigenvalue weighted by Crippen LogP contribution is 2.33. The van der Waals surface area contributed by atoms with Crippen molar-refractivity contribution in [3.63, 3.8) is 0 Å². The molecule has 0 spiro atoms. The highest BCUT2D eigenvalue weighted by Gasteiger charge is 2.32. The molecule has 0 aliphatic carbocycles. The minimum Gasteiger partial charge on any atom is -0.487 e. The molecule has 1 aliphatic rings. The Hall–Kier alpha value is -3.13. The van der Waals surface area contributed by atoms with Gasteiger partial charge in [0.25, 0.3) is 0 Å². The van der Waals surface area contributed by atoms with Crippen LogP contribution in [0.5, 0.6) is 5.75 Å². The largest absolute Gasteiger partial charge is 0.487 e. The van der Waals surface area contributed by atoms with Crippen LogP contribution in [-0.4, -0.2) is 22.5 Å². The average molecular weight is 338 g/mol. The Morgan fingerprint density at radius 1 is 1.16 bits per heavy atom. The fourth-order valence-corrected chi connectivity index (χ4v) is 2.64. The van der Waals surface area contributed by atoms with E-state index in [2.05, 4.69) is 11.8 Å². The Kier molecular flexibility index (Phi) is 4.05. The Morgan fingerprint density at radius 3 is 2.44 bits per heavy atom. The molecule has 0 saturated carbocycles. The fourth-order valence-electron chi connectivity index (χ4n) is 2.64. The molecule has 0 unspecified atom stereocenters. The van der Waals surface area contributed by atoms with Gasteiger partial charge in [0, 0.05) is 11.1 Å². The lowest BCUT2D eigenvalue weighted by atomic mass is 9.92. The molecular formula is C20H15FO4. The third kappa shape index (κ3) is 3.53. The van der Waals surface area contributed by atoms with Crippen molar-refractivity contribution in [2.45, 2.75) is 25.9 Å². The highest BCUT2D eigenvalue weighted by molar-refractivity contribution is 6.00. The first kappa shape index (κ1) is 16.7. The molecule has 1 aliphatic heterocycles. The number of carboxylic acid groups (broad SMARTS) is 1. The van der Waals surface area contributed by atoms with Gasteiger partial charge < -0.3 is 9.84 Å². The number of ketones is 1. The van der Waals surface area contributed by atoms with Crippen LogP contribution in [-0.2, 0) is 0 Å². The number of carboxylic acids is 1. The molecule has 5 heteroatoms. The van der Waals surface area contributed by atoms with Crippen LogP contribution in [0.4, 0.5) is 4.39 Å². The van der Waals surface area contributed by atoms with Crippen LogP contribution in [0.1, 0.15) is 52.1 Å². The predicted octanol–water partition coefficient (Wildman–Crippen LogP) is 3.67. The van der Waals surface area contributed by atoms with Gasteiger partial charge >= 0.3 is 5.97 Å². The number of hydrogen-bond donors (Lipinski definition) is 1. The maximum atomic E-state index is 13.7. The van der Waals surface area contributed by atoms with E-state index >= 15 is 0 Å². The second-order valence-electron chi connectivity index (χ2n) is 6.42. The van der Waals surface area contributed by atoms with Crippen LogP contribution >= 0.6 is 0 Å². The minimum atomic E-state index is -1.33. The number of halogens is 1. The number of fused-ring (bicyclic) bond motifs is 1. The van der Waals surface area contributed by atoms with Gasteiger partial charge in [-0.2, -0.15) is 0 Å². The van der Waals surface area contributed by atoms with Gasteiger partial charge in [-0.1, -0.05) is 11.8 Å². The number of Topliss-reactive ketones (excluding diaryl/α,β-unsaturated/α-hetero) is 1. The van der Waals surface area contributed by atoms with Crippen molar-refractivity contribution in [1.29, 1.82) is 0 Å². The minimum absolute atomic E-state index is 0.00763. The summed E-state index contributed by atoms with van der Waals surface area (Å²) in [4.78, 5) is 23.0. The Morgan fingerprint density at radius 2 is 1.80 bits per heavy atom. The maximum absolute atomic E-state index is 13.7. The van der Waals surface area contributed by atoms with E-state index in [1.165, 1.54) is 12.1 Å². The summed E-state index contributed by atoms with van der Waals surface area (Å²) in [5.74, 6) is 3.99. The molecule has 0 saturated heterocycles. The molecule has 0 fully saturated rings. The standard InChI is InChI=1S/C20H15FO4/c1-20(2)11-17(22)15-9-12(6-8-18(15)25-20)3-4-13-5-7-14(19(23)24)16(21)10-13/h5-10H,11H2,1-2H3,(H,23,24). The summed E-state index contributed by atoms with van der Waals surface area (Å²) in [6.45, 7) is 3.72. The van der Waals surface area contributed by atoms with E-state index in [-0.39, 0.29) is 5.78 Å². The third-order valence-electron chi connectivity index (χ3n) is 3.80. The Balaban J connectivity index is 1.90. The van der Waals surface area contributed by atoms with Crippen molar-refractivity contribution in [1.82, 2.24) is 0 Å². The monoisotopic (exact) mass is 338 g/mol. The molecule has 126 valence electrons. The molecule has 0 amide bonds. The summed E-state index contributed by atoms with van der Waals surface area (Å²) in [6, 6.07) is 8.77. The smallest absolute Gasteiger partial charge is 0.338 e. The lowest BCUT2D eigenvalue weighted by molar-refractivity contribution is 0.0618. The van der Waals surface area contributed by atoms with E-state index in [0.717, 1.165) is 6.07 Å². The summed E-state index contributed by atoms with van der Waals surface area (Å²) in [6.07, 6.45) is 0.290. The zero-order chi connectivity index (χ0) is 18.2. The SMILES string of the molecule is CC1(C)CC(=O)c2cc(C#Cc3ccc(C(=O)O)c(F)c3)ccc2O1. The van der Waals surface area contributed by atoms with E-state index < -0.39 is 23.0 Å². The van der Waals surface area contributed by atoms with Gasteiger partial charge in [0.1, 0.15) is 17.2 Å². The predicted molar refractivity (Wildman–Crippen MR) is 89.4 cm³/mol. The highest BCUT2D eigenvalue weighted by atomic mass is 19.1. The van der Waals surface area contributed by atoms with Crippen LogP contribution in [0.15, 0.2) is 36.4 Å². The van der Waals surface area contributed by atoms with Crippen LogP contribution in [0.2, 0.25) is 0 Å². The lowest BCUT2D eigenvalue weighted by Gasteiger charge is -2.31. The number of carbonyl (C=O) groups excluding carboxylic acids is 1. The van der Waals surface area contributed by atoms with Gasteiger partial charge in [-0.3, -0.25) is 4.79 Å². The van der Waals surface area contributed by atoms with Crippen molar-refractivity contribution in [3.05, 3.63) is 64.5 Å². The Labute approximate surface area is 144 Å². The Bertz CT molecular complexity index is 948. The number of benzene rings is 2. The zero-order valence-corrected chi connectivity index (χ0v) is 13.7. The molecule has 0 bridgehead atoms. The van der Waals surface area contributed by atoms with E-state index in [9.17, 15) is 14.0 Å². The second-order valence-corrected chi connectivity index (χ2v) is 6.42. The molecule has 0 aromatic heterocycles. The first-order valence-corrected chi connectivity index (χ1v) is 7.66. The van der Waals surface area contributed by atoms with Gasteiger partial charge in [0.2, 0.25) is 0 Å². The quantitative estimate of drug-likeness (QED) is 0.806. The summed E-state index contributed by atoms with van der Waals surface area (Å²) in [5.41, 5.74) is 0.506. The lowest BCUT2D eigenvalue weighted by Crippen LogP contribution is -2.35. The molecule has 1 N–H and O–H groups in total. The van der Waals surface area contributed by atoms with E-state index in [4.69, 9.17) is 9.84 Å². The van der Waals surface area contributed by atoms with Crippen LogP contribution in [0.25, 0.3) is 0 Å². The van der Waals surface area contributed by atoms with Gasteiger partial charge in [0.15, 0.2) is 5.78 Å². The first-order valence-electron chi connectivity index (χ1n) is 7.66. The van der Waals surface area contributed by atoms with Crippen molar-refractivity contribution in [3.8, 4) is 17.6 Å². The van der Waals surface area contributed by atoms with Crippen molar-refractivity contribution >= 4 is 11.8 Å². The third-order valence-corrected chi connectivity index (χ3v) is 3.80. The molecule has 25 heavy (non-hydrogen) atoms. The van der Waals surface area contributed by atoms with Gasteiger partial charge in [-0.05, 0) is 50.2 Å². The van der Waals surface area contributed by atoms with Crippen LogP contribution in [0.3, 0.4) is 0 Å². The zero-order valence-electron chi connectivity index (χ0n) is 13.7. The number of hydrogen-bond acceptors (Lipinski definition) is 3. The summed E-state index contributed by atoms with van der Waals surface area (Å²) in [5, 5.41) is 8.82. The van der Waals surface area contributed by atoms with Gasteiger partial charge in [-0.25, -0.2) is 9.18 Å². The molecular weight excluding hydrogens is 323 g/mol. The topological polar surface area (TPSA) is 63.6 Å². The number of rotatable bonds is 1. The van der Waals surface area contributed by atoms with Crippen molar-refractivity contribution < 1.29 is 23.8 Å². The van der Waals surface area contributed by atoms with Crippen LogP contribution < -0.4 is 4.74 Å². The molecule has 3 rings (SSSR count). The summed E-state index contributed by atoms with van der Waals surface area (Å²) in [7, 11) is 0. The first-order chi connectivity index (χ1) is 11.7. The molecule has 2 aromatic carbocycles. The number of aromatic carboxylic acids is 1. The van der Waals surface area contributed by atoms with E-state index in [1.54, 1.807) is 18.2 Å². The van der Waals surface area contributed by atoms with Gasteiger partial charge in [-0.15, -0.1) is 0 Å². The number of carbonyl (C=O) groups is 2. The molecule has 4 nitrogen and oxygen atoms in total. The maximum Gasteiger partial charge on any atom is 0.338 e. The molecule has 0 radical (unpaired) electrons. The van der Waals surface area contributed by atoms with Crippen molar-refractivity contribution in [2.24, 2.45) is 0 Å². The van der Waals surface area contributed by atoms with E-state index in [1.807, 2.05) is 13.8 Å². The summed E-state index contributed by atoms with van der Waals surface area (Å²) >= 11 is 0. The normalized spacial score (nSPS) is 14.8.